The average Bonchev–Trinajstić information content (AvgIpc) is 3.31. The summed E-state index contributed by atoms with van der Waals surface area (Å²) in [6.07, 6.45) is 2.92. The van der Waals surface area contributed by atoms with Gasteiger partial charge in [-0.15, -0.1) is 0 Å². The first-order chi connectivity index (χ1) is 20.0. The van der Waals surface area contributed by atoms with Crippen molar-refractivity contribution >= 4 is 0 Å². The van der Waals surface area contributed by atoms with Gasteiger partial charge < -0.3 is 40.1 Å². The molecule has 0 spiro atoms. The Bertz CT molecular complexity index is 1030. The molecule has 15 atom stereocenters. The van der Waals surface area contributed by atoms with Gasteiger partial charge in [-0.1, -0.05) is 46.3 Å². The molecule has 0 aromatic rings. The first-order valence-corrected chi connectivity index (χ1v) is 17.0. The van der Waals surface area contributed by atoms with Gasteiger partial charge in [0.15, 0.2) is 6.29 Å². The van der Waals surface area contributed by atoms with Crippen molar-refractivity contribution in [1.29, 1.82) is 0 Å². The van der Waals surface area contributed by atoms with E-state index in [1.54, 1.807) is 0 Å². The minimum absolute atomic E-state index is 0.0130. The number of ether oxygens (including phenoxy) is 2. The van der Waals surface area contributed by atoms with E-state index in [-0.39, 0.29) is 39.6 Å². The van der Waals surface area contributed by atoms with Crippen molar-refractivity contribution in [1.82, 2.24) is 0 Å². The van der Waals surface area contributed by atoms with E-state index in [1.807, 2.05) is 0 Å². The SMILES string of the molecule is CC(C)=CCCC(O)C1CC[C@]2(C)C1[C@H](O)CC1[C@@]3(C)CC[C@H](O[C@@H]4O[C@H](CO)[C@@H](O)[C@H](O)[C@H]4O)C(C)(C)C3CC[C@]12C. The molecule has 1 heterocycles. The molecule has 4 aliphatic carbocycles. The quantitative estimate of drug-likeness (QED) is 0.189. The van der Waals surface area contributed by atoms with Gasteiger partial charge in [-0.05, 0) is 117 Å². The maximum Gasteiger partial charge on any atom is 0.186 e. The van der Waals surface area contributed by atoms with Crippen LogP contribution in [0.4, 0.5) is 0 Å². The van der Waals surface area contributed by atoms with Gasteiger partial charge in [-0.25, -0.2) is 0 Å². The molecular formula is C35H60O8. The lowest BCUT2D eigenvalue weighted by Gasteiger charge is -2.70. The number of fused-ring (bicyclic) bond motifs is 5. The van der Waals surface area contributed by atoms with E-state index in [2.05, 4.69) is 54.5 Å². The highest BCUT2D eigenvalue weighted by molar-refractivity contribution is 5.19. The lowest BCUT2D eigenvalue weighted by atomic mass is 9.35. The van der Waals surface area contributed by atoms with Gasteiger partial charge in [-0.3, -0.25) is 0 Å². The van der Waals surface area contributed by atoms with Gasteiger partial charge >= 0.3 is 0 Å². The zero-order chi connectivity index (χ0) is 31.7. The van der Waals surface area contributed by atoms with Gasteiger partial charge in [0, 0.05) is 0 Å². The Morgan fingerprint density at radius 3 is 2.21 bits per heavy atom. The molecule has 5 rings (SSSR count). The normalized spacial score (nSPS) is 51.6. The standard InChI is InChI=1S/C35H60O8/c1-19(2)9-8-10-21(37)20-11-15-35(7)27(20)22(38)17-25-33(5)14-13-26(32(3,4)24(33)12-16-34(25,35)6)43-31-30(41)29(40)28(39)23(18-36)42-31/h9,20-31,36-41H,8,10-18H2,1-7H3/t20?,21?,22-,23-,24?,25?,26+,27?,28-,29+,30-,31+,33+,34-,35-/m1/s1. The molecule has 4 saturated carbocycles. The molecule has 248 valence electrons. The minimum Gasteiger partial charge on any atom is -0.394 e. The topological polar surface area (TPSA) is 140 Å². The van der Waals surface area contributed by atoms with Gasteiger partial charge in [0.1, 0.15) is 24.4 Å². The van der Waals surface area contributed by atoms with E-state index >= 15 is 0 Å². The van der Waals surface area contributed by atoms with Crippen LogP contribution in [0.3, 0.4) is 0 Å². The number of hydrogen-bond donors (Lipinski definition) is 6. The molecule has 0 bridgehead atoms. The highest BCUT2D eigenvalue weighted by Crippen LogP contribution is 2.75. The number of allylic oxidation sites excluding steroid dienone is 2. The Kier molecular flexibility index (Phi) is 9.34. The molecule has 0 aromatic carbocycles. The van der Waals surface area contributed by atoms with Crippen molar-refractivity contribution in [2.75, 3.05) is 6.61 Å². The molecular weight excluding hydrogens is 548 g/mol. The summed E-state index contributed by atoms with van der Waals surface area (Å²) in [6, 6.07) is 0. The van der Waals surface area contributed by atoms with E-state index in [0.717, 1.165) is 57.8 Å². The molecule has 5 unspecified atom stereocenters. The maximum absolute atomic E-state index is 11.9. The Morgan fingerprint density at radius 2 is 1.56 bits per heavy atom. The lowest BCUT2D eigenvalue weighted by Crippen LogP contribution is -2.67. The summed E-state index contributed by atoms with van der Waals surface area (Å²) in [5.74, 6) is 0.896. The van der Waals surface area contributed by atoms with Crippen molar-refractivity contribution < 1.29 is 40.1 Å². The molecule has 1 aliphatic heterocycles. The van der Waals surface area contributed by atoms with Crippen LogP contribution in [0.15, 0.2) is 11.6 Å². The number of aliphatic hydroxyl groups excluding tert-OH is 6. The lowest BCUT2D eigenvalue weighted by molar-refractivity contribution is -0.331. The fraction of sp³-hybridized carbons (Fsp3) is 0.943. The van der Waals surface area contributed by atoms with E-state index in [4.69, 9.17) is 9.47 Å². The van der Waals surface area contributed by atoms with Crippen LogP contribution in [0.5, 0.6) is 0 Å². The van der Waals surface area contributed by atoms with Crippen LogP contribution in [0.2, 0.25) is 0 Å². The third kappa shape index (κ3) is 5.28. The van der Waals surface area contributed by atoms with Crippen LogP contribution in [0, 0.1) is 45.3 Å². The molecule has 0 aromatic heterocycles. The molecule has 5 fully saturated rings. The Morgan fingerprint density at radius 1 is 0.884 bits per heavy atom. The largest absolute Gasteiger partial charge is 0.394 e. The zero-order valence-electron chi connectivity index (χ0n) is 27.6. The number of aliphatic hydroxyl groups is 6. The fourth-order valence-corrected chi connectivity index (χ4v) is 11.6. The van der Waals surface area contributed by atoms with Crippen molar-refractivity contribution in [3.05, 3.63) is 11.6 Å². The molecule has 6 N–H and O–H groups in total. The second-order valence-electron chi connectivity index (χ2n) is 16.6. The van der Waals surface area contributed by atoms with Crippen molar-refractivity contribution in [3.8, 4) is 0 Å². The fourth-order valence-electron chi connectivity index (χ4n) is 11.6. The van der Waals surface area contributed by atoms with Gasteiger partial charge in [0.2, 0.25) is 0 Å². The summed E-state index contributed by atoms with van der Waals surface area (Å²) in [5.41, 5.74) is 1.00. The smallest absolute Gasteiger partial charge is 0.186 e. The van der Waals surface area contributed by atoms with E-state index in [9.17, 15) is 30.6 Å². The zero-order valence-corrected chi connectivity index (χ0v) is 27.6. The van der Waals surface area contributed by atoms with E-state index < -0.39 is 49.5 Å². The van der Waals surface area contributed by atoms with Gasteiger partial charge in [0.25, 0.3) is 0 Å². The highest BCUT2D eigenvalue weighted by Gasteiger charge is 2.70. The van der Waals surface area contributed by atoms with Gasteiger partial charge in [-0.2, -0.15) is 0 Å². The first kappa shape index (κ1) is 33.8. The second kappa shape index (κ2) is 11.9. The average molecular weight is 609 g/mol. The predicted octanol–water partition coefficient (Wildman–Crippen LogP) is 3.93. The van der Waals surface area contributed by atoms with Gasteiger partial charge in [0.05, 0.1) is 24.9 Å². The maximum atomic E-state index is 11.9. The third-order valence-corrected chi connectivity index (χ3v) is 14.0. The van der Waals surface area contributed by atoms with Crippen LogP contribution in [-0.4, -0.2) is 86.3 Å². The minimum atomic E-state index is -1.46. The summed E-state index contributed by atoms with van der Waals surface area (Å²) in [6.45, 7) is 15.5. The Balaban J connectivity index is 1.36. The Labute approximate surface area is 258 Å². The summed E-state index contributed by atoms with van der Waals surface area (Å²) in [5, 5.41) is 64.2. The van der Waals surface area contributed by atoms with E-state index in [0.29, 0.717) is 11.8 Å². The summed E-state index contributed by atoms with van der Waals surface area (Å²) in [4.78, 5) is 0. The van der Waals surface area contributed by atoms with E-state index in [1.165, 1.54) is 5.57 Å². The van der Waals surface area contributed by atoms with Crippen molar-refractivity contribution in [3.63, 3.8) is 0 Å². The molecule has 8 nitrogen and oxygen atoms in total. The van der Waals surface area contributed by atoms with Crippen LogP contribution in [-0.2, 0) is 9.47 Å². The van der Waals surface area contributed by atoms with Crippen LogP contribution in [0.25, 0.3) is 0 Å². The van der Waals surface area contributed by atoms with Crippen LogP contribution >= 0.6 is 0 Å². The van der Waals surface area contributed by atoms with Crippen molar-refractivity contribution in [2.24, 2.45) is 45.3 Å². The summed E-state index contributed by atoms with van der Waals surface area (Å²) < 4.78 is 12.2. The molecule has 0 radical (unpaired) electrons. The number of rotatable bonds is 7. The van der Waals surface area contributed by atoms with Crippen molar-refractivity contribution in [2.45, 2.75) is 155 Å². The molecule has 43 heavy (non-hydrogen) atoms. The first-order valence-electron chi connectivity index (χ1n) is 17.0. The van der Waals surface area contributed by atoms with Crippen LogP contribution in [0.1, 0.15) is 106 Å². The highest BCUT2D eigenvalue weighted by atomic mass is 16.7. The molecule has 1 saturated heterocycles. The summed E-state index contributed by atoms with van der Waals surface area (Å²) in [7, 11) is 0. The molecule has 8 heteroatoms. The molecule has 5 aliphatic rings. The Hall–Kier alpha value is -0.580. The monoisotopic (exact) mass is 608 g/mol. The van der Waals surface area contributed by atoms with Crippen LogP contribution < -0.4 is 0 Å². The second-order valence-corrected chi connectivity index (χ2v) is 16.6. The summed E-state index contributed by atoms with van der Waals surface area (Å²) >= 11 is 0. The third-order valence-electron chi connectivity index (χ3n) is 14.0. The predicted molar refractivity (Wildman–Crippen MR) is 164 cm³/mol. The molecule has 0 amide bonds. The number of hydrogen-bond acceptors (Lipinski definition) is 8.